The van der Waals surface area contributed by atoms with Crippen molar-refractivity contribution >= 4 is 23.3 Å². The minimum atomic E-state index is -1.09. The molecule has 0 aliphatic rings. The molecule has 1 amide bonds. The third-order valence-electron chi connectivity index (χ3n) is 5.64. The van der Waals surface area contributed by atoms with E-state index in [0.717, 1.165) is 24.9 Å². The normalized spacial score (nSPS) is 10.2. The van der Waals surface area contributed by atoms with E-state index in [0.29, 0.717) is 16.8 Å². The molecule has 0 saturated heterocycles. The van der Waals surface area contributed by atoms with Crippen LogP contribution in [-0.2, 0) is 0 Å². The summed E-state index contributed by atoms with van der Waals surface area (Å²) < 4.78 is 0. The van der Waals surface area contributed by atoms with Crippen LogP contribution in [0.15, 0.2) is 72.8 Å². The Kier molecular flexibility index (Phi) is 9.95. The fraction of sp³-hybridized carbons (Fsp3) is 0.267. The van der Waals surface area contributed by atoms with E-state index in [-0.39, 0.29) is 17.2 Å². The molecule has 3 rings (SSSR count). The Hall–Kier alpha value is -4.04. The van der Waals surface area contributed by atoms with Gasteiger partial charge in [0, 0.05) is 23.4 Å². The van der Waals surface area contributed by atoms with Crippen LogP contribution >= 0.6 is 0 Å². The average Bonchev–Trinajstić information content (AvgIpc) is 2.88. The van der Waals surface area contributed by atoms with Gasteiger partial charge in [-0.25, -0.2) is 4.79 Å². The number of carbonyl (C=O) groups excluding carboxylic acids is 1. The third-order valence-corrected chi connectivity index (χ3v) is 5.64. The lowest BCUT2D eigenvalue weighted by molar-refractivity contribution is 0.0698. The Morgan fingerprint density at radius 2 is 1.43 bits per heavy atom. The molecule has 0 aliphatic carbocycles. The smallest absolute Gasteiger partial charge is 0.337 e. The van der Waals surface area contributed by atoms with Gasteiger partial charge in [-0.05, 0) is 48.9 Å². The summed E-state index contributed by atoms with van der Waals surface area (Å²) >= 11 is 0. The number of hydrogen-bond donors (Lipinski definition) is 3. The number of para-hydroxylation sites is 1. The predicted octanol–water partition coefficient (Wildman–Crippen LogP) is 6.81. The molecule has 3 aromatic rings. The molecule has 180 valence electrons. The minimum absolute atomic E-state index is 0.0439. The van der Waals surface area contributed by atoms with E-state index in [1.165, 1.54) is 31.7 Å². The summed E-state index contributed by atoms with van der Waals surface area (Å²) in [6.45, 7) is 2.96. The van der Waals surface area contributed by atoms with Crippen molar-refractivity contribution in [3.05, 3.63) is 95.1 Å². The van der Waals surface area contributed by atoms with E-state index in [1.54, 1.807) is 24.3 Å². The topological polar surface area (TPSA) is 78.4 Å². The zero-order valence-electron chi connectivity index (χ0n) is 20.1. The summed E-state index contributed by atoms with van der Waals surface area (Å²) in [4.78, 5) is 24.8. The maximum atomic E-state index is 13.3. The van der Waals surface area contributed by atoms with Crippen molar-refractivity contribution in [1.82, 2.24) is 0 Å². The SMILES string of the molecule is CCCCCCCCNc1ccc(C#Cc2ccccc2)cc1C(=O)Nc1ccccc1C(=O)O. The third kappa shape index (κ3) is 8.04. The molecule has 0 bridgehead atoms. The van der Waals surface area contributed by atoms with Crippen LogP contribution in [0.4, 0.5) is 11.4 Å². The largest absolute Gasteiger partial charge is 0.478 e. The van der Waals surface area contributed by atoms with Gasteiger partial charge in [-0.15, -0.1) is 0 Å². The number of unbranched alkanes of at least 4 members (excludes halogenated alkanes) is 5. The molecular weight excluding hydrogens is 436 g/mol. The average molecular weight is 469 g/mol. The van der Waals surface area contributed by atoms with Crippen LogP contribution in [-0.4, -0.2) is 23.5 Å². The molecule has 5 heteroatoms. The second kappa shape index (κ2) is 13.6. The van der Waals surface area contributed by atoms with Gasteiger partial charge in [0.2, 0.25) is 0 Å². The van der Waals surface area contributed by atoms with E-state index >= 15 is 0 Å². The van der Waals surface area contributed by atoms with Crippen molar-refractivity contribution < 1.29 is 14.7 Å². The van der Waals surface area contributed by atoms with Crippen molar-refractivity contribution in [3.8, 4) is 11.8 Å². The molecule has 0 fully saturated rings. The second-order valence-corrected chi connectivity index (χ2v) is 8.38. The highest BCUT2D eigenvalue weighted by atomic mass is 16.4. The van der Waals surface area contributed by atoms with Crippen LogP contribution in [0.25, 0.3) is 0 Å². The lowest BCUT2D eigenvalue weighted by Crippen LogP contribution is -2.17. The molecule has 0 aliphatic heterocycles. The molecular formula is C30H32N2O3. The van der Waals surface area contributed by atoms with E-state index in [1.807, 2.05) is 42.5 Å². The lowest BCUT2D eigenvalue weighted by atomic mass is 10.1. The summed E-state index contributed by atoms with van der Waals surface area (Å²) in [6, 6.07) is 21.5. The molecule has 0 atom stereocenters. The van der Waals surface area contributed by atoms with Gasteiger partial charge in [-0.1, -0.05) is 81.2 Å². The first-order valence-electron chi connectivity index (χ1n) is 12.2. The lowest BCUT2D eigenvalue weighted by Gasteiger charge is -2.14. The molecule has 3 aromatic carbocycles. The maximum absolute atomic E-state index is 13.3. The van der Waals surface area contributed by atoms with Crippen molar-refractivity contribution in [2.75, 3.05) is 17.2 Å². The van der Waals surface area contributed by atoms with Crippen molar-refractivity contribution in [1.29, 1.82) is 0 Å². The maximum Gasteiger partial charge on any atom is 0.337 e. The van der Waals surface area contributed by atoms with E-state index in [4.69, 9.17) is 0 Å². The molecule has 35 heavy (non-hydrogen) atoms. The van der Waals surface area contributed by atoms with Crippen LogP contribution in [0.2, 0.25) is 0 Å². The predicted molar refractivity (Wildman–Crippen MR) is 142 cm³/mol. The minimum Gasteiger partial charge on any atom is -0.478 e. The van der Waals surface area contributed by atoms with Crippen LogP contribution in [0.5, 0.6) is 0 Å². The van der Waals surface area contributed by atoms with Gasteiger partial charge in [0.15, 0.2) is 0 Å². The second-order valence-electron chi connectivity index (χ2n) is 8.38. The monoisotopic (exact) mass is 468 g/mol. The Labute approximate surface area is 207 Å². The van der Waals surface area contributed by atoms with Crippen LogP contribution in [0, 0.1) is 11.8 Å². The van der Waals surface area contributed by atoms with E-state index < -0.39 is 5.97 Å². The zero-order chi connectivity index (χ0) is 24.9. The zero-order valence-corrected chi connectivity index (χ0v) is 20.1. The number of rotatable bonds is 11. The molecule has 0 spiro atoms. The first kappa shape index (κ1) is 25.6. The Bertz CT molecular complexity index is 1190. The Morgan fingerprint density at radius 1 is 0.743 bits per heavy atom. The van der Waals surface area contributed by atoms with Crippen LogP contribution in [0.3, 0.4) is 0 Å². The van der Waals surface area contributed by atoms with E-state index in [2.05, 4.69) is 29.4 Å². The number of benzene rings is 3. The first-order chi connectivity index (χ1) is 17.1. The van der Waals surface area contributed by atoms with Crippen molar-refractivity contribution in [3.63, 3.8) is 0 Å². The Morgan fingerprint density at radius 3 is 2.20 bits per heavy atom. The highest BCUT2D eigenvalue weighted by Crippen LogP contribution is 2.22. The summed E-state index contributed by atoms with van der Waals surface area (Å²) in [5.74, 6) is 4.76. The van der Waals surface area contributed by atoms with Gasteiger partial charge < -0.3 is 15.7 Å². The highest BCUT2D eigenvalue weighted by Gasteiger charge is 2.16. The van der Waals surface area contributed by atoms with Crippen molar-refractivity contribution in [2.24, 2.45) is 0 Å². The van der Waals surface area contributed by atoms with E-state index in [9.17, 15) is 14.7 Å². The van der Waals surface area contributed by atoms with Gasteiger partial charge in [0.05, 0.1) is 16.8 Å². The van der Waals surface area contributed by atoms with Gasteiger partial charge in [-0.2, -0.15) is 0 Å². The fourth-order valence-corrected chi connectivity index (χ4v) is 3.73. The highest BCUT2D eigenvalue weighted by molar-refractivity contribution is 6.10. The number of aromatic carboxylic acids is 1. The summed E-state index contributed by atoms with van der Waals surface area (Å²) in [7, 11) is 0. The number of carboxylic acid groups (broad SMARTS) is 1. The van der Waals surface area contributed by atoms with Crippen molar-refractivity contribution in [2.45, 2.75) is 45.4 Å². The van der Waals surface area contributed by atoms with Crippen LogP contribution < -0.4 is 10.6 Å². The molecule has 0 saturated carbocycles. The summed E-state index contributed by atoms with van der Waals surface area (Å²) in [5, 5.41) is 15.6. The molecule has 3 N–H and O–H groups in total. The fourth-order valence-electron chi connectivity index (χ4n) is 3.73. The number of hydrogen-bond acceptors (Lipinski definition) is 3. The summed E-state index contributed by atoms with van der Waals surface area (Å²) in [5.41, 5.74) is 3.02. The number of carboxylic acids is 1. The number of anilines is 2. The van der Waals surface area contributed by atoms with Gasteiger partial charge in [0.1, 0.15) is 0 Å². The number of carbonyl (C=O) groups is 2. The molecule has 0 radical (unpaired) electrons. The van der Waals surface area contributed by atoms with Gasteiger partial charge >= 0.3 is 5.97 Å². The molecule has 0 heterocycles. The quantitative estimate of drug-likeness (QED) is 0.213. The standard InChI is InChI=1S/C30H32N2O3/c1-2-3-4-5-6-12-21-31-27-20-19-24(18-17-23-13-8-7-9-14-23)22-26(27)29(33)32-28-16-11-10-15-25(28)30(34)35/h7-11,13-16,19-20,22,31H,2-6,12,21H2,1H3,(H,32,33)(H,34,35). The number of nitrogens with one attached hydrogen (secondary N) is 2. The molecule has 0 unspecified atom stereocenters. The Balaban J connectivity index is 1.80. The van der Waals surface area contributed by atoms with Crippen LogP contribution in [0.1, 0.15) is 77.3 Å². The molecule has 5 nitrogen and oxygen atoms in total. The summed E-state index contributed by atoms with van der Waals surface area (Å²) in [6.07, 6.45) is 7.11. The number of amides is 1. The van der Waals surface area contributed by atoms with Gasteiger partial charge in [0.25, 0.3) is 5.91 Å². The first-order valence-corrected chi connectivity index (χ1v) is 12.2. The van der Waals surface area contributed by atoms with Gasteiger partial charge in [-0.3, -0.25) is 4.79 Å². The molecule has 0 aromatic heterocycles.